The van der Waals surface area contributed by atoms with E-state index in [-0.39, 0.29) is 74.9 Å². The van der Waals surface area contributed by atoms with Crippen LogP contribution in [-0.2, 0) is 88.4 Å². The zero-order valence-electron chi connectivity index (χ0n) is 16.3. The molecule has 0 amide bonds. The van der Waals surface area contributed by atoms with Gasteiger partial charge in [-0.2, -0.15) is 27.8 Å². The van der Waals surface area contributed by atoms with E-state index in [1.807, 2.05) is 0 Å². The Labute approximate surface area is 226 Å². The quantitative estimate of drug-likeness (QED) is 0.229. The molecule has 0 aliphatic carbocycles. The van der Waals surface area contributed by atoms with Crippen LogP contribution in [0.25, 0.3) is 0 Å². The first kappa shape index (κ1) is 78.1. The maximum atomic E-state index is 7.50. The zero-order chi connectivity index (χ0) is 23.9. The normalized spacial score (nSPS) is 4.03. The Kier molecular flexibility index (Phi) is 266. The minimum absolute atomic E-state index is 0. The molecule has 0 heterocycles. The Balaban J connectivity index is -0.0000000141. The molecule has 0 aliphatic rings. The fraction of sp³-hybridized carbons (Fsp3) is 0.278. The second-order valence-electron chi connectivity index (χ2n) is 3.12. The first-order valence-corrected chi connectivity index (χ1v) is 5.38. The monoisotopic (exact) mass is 656 g/mol. The van der Waals surface area contributed by atoms with Gasteiger partial charge in [-0.3, -0.25) is 0 Å². The summed E-state index contributed by atoms with van der Waals surface area (Å²) in [6.45, 7) is 47.0. The van der Waals surface area contributed by atoms with E-state index in [4.69, 9.17) is 37.2 Å². The molecule has 0 N–H and O–H groups in total. The van der Waals surface area contributed by atoms with Crippen LogP contribution >= 0.6 is 0 Å². The summed E-state index contributed by atoms with van der Waals surface area (Å²) < 4.78 is 60.0. The van der Waals surface area contributed by atoms with Crippen LogP contribution in [0.15, 0.2) is 0 Å². The molecule has 3 radical (unpaired) electrons. The van der Waals surface area contributed by atoms with Crippen molar-refractivity contribution in [1.82, 2.24) is 0 Å². The molecule has 0 atom stereocenters. The molecular weight excluding hydrogens is 638 g/mol. The summed E-state index contributed by atoms with van der Waals surface area (Å²) in [6, 6.07) is 0. The molecule has 0 saturated carbocycles. The Hall–Kier alpha value is -0.382. The van der Waals surface area contributed by atoms with Crippen LogP contribution in [0, 0.1) is 87.8 Å². The maximum Gasteiger partial charge on any atom is 0 e. The van der Waals surface area contributed by atoms with Crippen LogP contribution in [0.4, 0.5) is 0 Å². The van der Waals surface area contributed by atoms with Crippen LogP contribution in [0.5, 0.6) is 0 Å². The second-order valence-corrected chi connectivity index (χ2v) is 3.12. The van der Waals surface area contributed by atoms with Crippen molar-refractivity contribution in [3.63, 3.8) is 0 Å². The van der Waals surface area contributed by atoms with E-state index < -0.39 is 0 Å². The number of rotatable bonds is 0. The first-order valence-electron chi connectivity index (χ1n) is 5.38. The van der Waals surface area contributed by atoms with Crippen LogP contribution in [0.1, 0.15) is 27.8 Å². The predicted molar refractivity (Wildman–Crippen MR) is 82.9 cm³/mol. The van der Waals surface area contributed by atoms with Gasteiger partial charge in [-0.15, -0.1) is 0 Å². The maximum absolute atomic E-state index is 7.50. The van der Waals surface area contributed by atoms with Crippen LogP contribution < -0.4 is 0 Å². The van der Waals surface area contributed by atoms with Crippen molar-refractivity contribution in [2.45, 2.75) is 34.6 Å². The SMILES string of the molecule is Cc1c(C)c(C)[c-](C)c1C.[C-]#[O+].[C-]#[O+].[C-]#[O+].[C-]#[O+].[C-]#[O+].[C-]#[O+].[C-]#[O+].[C-]#[O+].[Fe].[Fe].[Mn].[Te]. The van der Waals surface area contributed by atoms with E-state index in [0.717, 1.165) is 0 Å². The van der Waals surface area contributed by atoms with Crippen molar-refractivity contribution < 1.29 is 88.4 Å². The number of hydrogen-bond acceptors (Lipinski definition) is 0. The molecule has 0 bridgehead atoms. The van der Waals surface area contributed by atoms with Gasteiger partial charge < -0.3 is 0 Å². The Bertz CT molecular complexity index is 431. The van der Waals surface area contributed by atoms with E-state index in [9.17, 15) is 0 Å². The molecule has 0 unspecified atom stereocenters. The molecule has 8 nitrogen and oxygen atoms in total. The van der Waals surface area contributed by atoms with Crippen LogP contribution in [0.3, 0.4) is 0 Å². The average molecular weight is 654 g/mol. The van der Waals surface area contributed by atoms with Gasteiger partial charge in [-0.05, 0) is 0 Å². The summed E-state index contributed by atoms with van der Waals surface area (Å²) in [6.07, 6.45) is 0. The molecule has 165 valence electrons. The standard InChI is InChI=1S/C10H15.8CO.2Fe.Mn.Te/c1-6-7(2)9(4)10(5)8(6)3;8*1-2;;;;/h1-5H3;;;;;;;;;;;;/q-1;;;;;;;;;;;;. The summed E-state index contributed by atoms with van der Waals surface area (Å²) in [5.74, 6) is 0. The van der Waals surface area contributed by atoms with E-state index in [2.05, 4.69) is 87.8 Å². The van der Waals surface area contributed by atoms with Gasteiger partial charge in [0.15, 0.2) is 0 Å². The van der Waals surface area contributed by atoms with Gasteiger partial charge in [-0.25, -0.2) is 0 Å². The minimum atomic E-state index is 0. The van der Waals surface area contributed by atoms with Crippen molar-refractivity contribution in [2.75, 3.05) is 0 Å². The van der Waals surface area contributed by atoms with Gasteiger partial charge >= 0.3 is 90.4 Å². The molecule has 12 heteroatoms. The number of hydrogen-bond donors (Lipinski definition) is 0. The molecule has 0 aromatic heterocycles. The first-order chi connectivity index (χ1) is 12.6. The van der Waals surface area contributed by atoms with Crippen LogP contribution in [-0.4, -0.2) is 23.7 Å². The minimum Gasteiger partial charge on any atom is 0 e. The molecule has 30 heavy (non-hydrogen) atoms. The smallest absolute Gasteiger partial charge is 0 e. The third kappa shape index (κ3) is 50.8. The van der Waals surface area contributed by atoms with Gasteiger partial charge in [0.2, 0.25) is 0 Å². The van der Waals surface area contributed by atoms with Crippen molar-refractivity contribution in [3.8, 4) is 0 Å². The van der Waals surface area contributed by atoms with E-state index >= 15 is 0 Å². The second kappa shape index (κ2) is 102. The van der Waals surface area contributed by atoms with Gasteiger partial charge in [0, 0.05) is 74.9 Å². The van der Waals surface area contributed by atoms with Gasteiger partial charge in [0.05, 0.1) is 0 Å². The van der Waals surface area contributed by atoms with Crippen molar-refractivity contribution in [1.29, 1.82) is 0 Å². The fourth-order valence-corrected chi connectivity index (χ4v) is 1.41. The summed E-state index contributed by atoms with van der Waals surface area (Å²) in [7, 11) is 0. The van der Waals surface area contributed by atoms with E-state index in [0.29, 0.717) is 0 Å². The van der Waals surface area contributed by atoms with E-state index in [1.54, 1.807) is 0 Å². The largest absolute Gasteiger partial charge is 0 e. The molecule has 1 aromatic carbocycles. The van der Waals surface area contributed by atoms with Crippen molar-refractivity contribution in [2.24, 2.45) is 0 Å². The molecule has 1 rings (SSSR count). The summed E-state index contributed by atoms with van der Waals surface area (Å²) in [4.78, 5) is 0. The van der Waals surface area contributed by atoms with Crippen LogP contribution in [0.2, 0.25) is 0 Å². The molecule has 1 aromatic rings. The van der Waals surface area contributed by atoms with Crippen molar-refractivity contribution in [3.05, 3.63) is 81.0 Å². The third-order valence-electron chi connectivity index (χ3n) is 2.81. The molecule has 0 fully saturated rings. The molecular formula is C18H15Fe2MnO8Te-. The Morgan fingerprint density at radius 2 is 0.567 bits per heavy atom. The topological polar surface area (TPSA) is 159 Å². The molecule has 0 saturated heterocycles. The summed E-state index contributed by atoms with van der Waals surface area (Å²) in [5, 5.41) is 0. The zero-order valence-corrected chi connectivity index (χ0v) is 22.0. The fourth-order valence-electron chi connectivity index (χ4n) is 1.41. The van der Waals surface area contributed by atoms with Crippen molar-refractivity contribution >= 4 is 23.7 Å². The van der Waals surface area contributed by atoms with Gasteiger partial charge in [0.25, 0.3) is 0 Å². The van der Waals surface area contributed by atoms with Gasteiger partial charge in [-0.1, -0.05) is 34.6 Å². The third-order valence-corrected chi connectivity index (χ3v) is 2.81. The molecule has 0 aliphatic heterocycles. The molecule has 0 spiro atoms. The summed E-state index contributed by atoms with van der Waals surface area (Å²) >= 11 is 0. The van der Waals surface area contributed by atoms with E-state index in [1.165, 1.54) is 27.8 Å². The Morgan fingerprint density at radius 1 is 0.467 bits per heavy atom. The van der Waals surface area contributed by atoms with Gasteiger partial charge in [0.1, 0.15) is 0 Å². The average Bonchev–Trinajstić information content (AvgIpc) is 2.97. The Morgan fingerprint density at radius 3 is 0.600 bits per heavy atom. The summed E-state index contributed by atoms with van der Waals surface area (Å²) in [5.41, 5.74) is 7.34. The predicted octanol–water partition coefficient (Wildman–Crippen LogP) is 2.26.